The smallest absolute Gasteiger partial charge is 0.352 e. The maximum atomic E-state index is 13.2. The van der Waals surface area contributed by atoms with Crippen LogP contribution in [0.3, 0.4) is 0 Å². The van der Waals surface area contributed by atoms with Gasteiger partial charge in [-0.05, 0) is 25.5 Å². The number of carbonyl (C=O) groups excluding carboxylic acids is 2. The number of oxime groups is 1. The minimum atomic E-state index is -1.75. The summed E-state index contributed by atoms with van der Waals surface area (Å²) in [5.74, 6) is -3.25. The maximum absolute atomic E-state index is 13.2. The molecule has 2 amide bonds. The fourth-order valence-corrected chi connectivity index (χ4v) is 6.65. The second-order valence-electron chi connectivity index (χ2n) is 8.97. The number of thiazole rings is 1. The van der Waals surface area contributed by atoms with Crippen LogP contribution in [0.4, 0.5) is 5.13 Å². The molecule has 39 heavy (non-hydrogen) atoms. The Kier molecular flexibility index (Phi) is 8.17. The van der Waals surface area contributed by atoms with E-state index in [-0.39, 0.29) is 22.2 Å². The zero-order valence-corrected chi connectivity index (χ0v) is 23.4. The second-order valence-corrected chi connectivity index (χ2v) is 12.0. The molecule has 2 atom stereocenters. The molecule has 0 saturated carbocycles. The van der Waals surface area contributed by atoms with Gasteiger partial charge in [0, 0.05) is 29.0 Å². The number of aromatic nitrogens is 2. The number of nitrogen functional groups attached to an aromatic ring is 1. The summed E-state index contributed by atoms with van der Waals surface area (Å²) in [6.45, 7) is 2.51. The summed E-state index contributed by atoms with van der Waals surface area (Å²) in [4.78, 5) is 60.1. The molecule has 206 valence electrons. The average molecular weight is 594 g/mol. The number of aryl methyl sites for hydroxylation is 1. The van der Waals surface area contributed by atoms with Crippen molar-refractivity contribution in [2.45, 2.75) is 35.9 Å². The number of anilines is 1. The van der Waals surface area contributed by atoms with Crippen molar-refractivity contribution in [1.29, 1.82) is 0 Å². The van der Waals surface area contributed by atoms with Crippen LogP contribution in [0.1, 0.15) is 19.5 Å². The summed E-state index contributed by atoms with van der Waals surface area (Å²) in [5.41, 5.74) is 4.11. The molecule has 2 aromatic heterocycles. The van der Waals surface area contributed by atoms with Crippen LogP contribution >= 0.6 is 34.9 Å². The number of hydrogen-bond donors (Lipinski definition) is 4. The molecule has 0 unspecified atom stereocenters. The Balaban J connectivity index is 1.52. The molecule has 0 bridgehead atoms. The molecule has 1 fully saturated rings. The van der Waals surface area contributed by atoms with Crippen molar-refractivity contribution < 1.29 is 38.8 Å². The molecule has 5 N–H and O–H groups in total. The van der Waals surface area contributed by atoms with Crippen LogP contribution in [0.15, 0.2) is 51.2 Å². The minimum absolute atomic E-state index is 0.0376. The number of pyridine rings is 1. The molecule has 4 rings (SSSR count). The predicted molar refractivity (Wildman–Crippen MR) is 144 cm³/mol. The maximum Gasteiger partial charge on any atom is 0.352 e. The number of nitrogens with two attached hydrogens (primary N) is 1. The number of nitrogens with one attached hydrogen (secondary N) is 1. The number of carboxylic acids is 2. The molecule has 0 aliphatic carbocycles. The van der Waals surface area contributed by atoms with Gasteiger partial charge in [0.15, 0.2) is 17.0 Å². The Hall–Kier alpha value is -3.63. The number of β-lactam (4-membered cyclic amide) rings is 1. The normalized spacial score (nSPS) is 19.3. The number of fused-ring (bicyclic) bond motifs is 1. The van der Waals surface area contributed by atoms with Crippen molar-refractivity contribution in [3.05, 3.63) is 46.7 Å². The van der Waals surface area contributed by atoms with Gasteiger partial charge in [0.1, 0.15) is 29.9 Å². The van der Waals surface area contributed by atoms with Crippen molar-refractivity contribution in [2.24, 2.45) is 12.2 Å². The van der Waals surface area contributed by atoms with E-state index >= 15 is 0 Å². The monoisotopic (exact) mass is 593 g/mol. The van der Waals surface area contributed by atoms with Crippen molar-refractivity contribution in [2.75, 3.05) is 17.2 Å². The van der Waals surface area contributed by atoms with Crippen LogP contribution in [0.25, 0.3) is 0 Å². The lowest BCUT2D eigenvalue weighted by molar-refractivity contribution is -0.708. The Morgan fingerprint density at radius 2 is 2.10 bits per heavy atom. The van der Waals surface area contributed by atoms with Gasteiger partial charge in [-0.3, -0.25) is 14.5 Å². The average Bonchev–Trinajstić information content (AvgIpc) is 3.31. The van der Waals surface area contributed by atoms with Gasteiger partial charge in [0.25, 0.3) is 11.8 Å². The van der Waals surface area contributed by atoms with Gasteiger partial charge in [-0.25, -0.2) is 14.6 Å². The largest absolute Gasteiger partial charge is 0.478 e. The zero-order valence-electron chi connectivity index (χ0n) is 21.0. The van der Waals surface area contributed by atoms with E-state index in [0.717, 1.165) is 16.4 Å². The highest BCUT2D eigenvalue weighted by Gasteiger charge is 2.54. The van der Waals surface area contributed by atoms with Crippen molar-refractivity contribution in [3.8, 4) is 0 Å². The van der Waals surface area contributed by atoms with E-state index in [4.69, 9.17) is 10.6 Å². The molecule has 1 saturated heterocycles. The van der Waals surface area contributed by atoms with E-state index in [1.807, 2.05) is 36.0 Å². The number of aliphatic carboxylic acids is 2. The summed E-state index contributed by atoms with van der Waals surface area (Å²) < 4.78 is 1.92. The first kappa shape index (κ1) is 28.4. The van der Waals surface area contributed by atoms with Crippen molar-refractivity contribution >= 4 is 69.5 Å². The Morgan fingerprint density at radius 1 is 1.36 bits per heavy atom. The Bertz CT molecular complexity index is 1410. The molecular formula is C23H25N6O7S3+. The number of rotatable bonds is 10. The van der Waals surface area contributed by atoms with Crippen LogP contribution < -0.4 is 15.6 Å². The van der Waals surface area contributed by atoms with Crippen molar-refractivity contribution in [1.82, 2.24) is 15.2 Å². The Morgan fingerprint density at radius 3 is 2.72 bits per heavy atom. The number of amides is 2. The molecule has 2 aromatic rings. The standard InChI is InChI=1S/C23H24N6O7S3/c1-23(2,21(34)35)36-27-14(12-10-39-22(24)25-12)17(30)26-15-18(31)29-16(20(32)33)11(9-38-19(15)29)8-37-13-6-4-5-7-28(13)3/h4-7,10,15,19H,8-9H2,1-3H3,(H4-,24,25,26,30,32,33,34,35)/p+1/b27-14-/t15-,19-/m1/s1. The number of carboxylic acid groups (broad SMARTS) is 2. The van der Waals surface area contributed by atoms with Gasteiger partial charge in [-0.1, -0.05) is 16.9 Å². The topological polar surface area (TPSA) is 188 Å². The Labute approximate surface area is 235 Å². The van der Waals surface area contributed by atoms with Gasteiger partial charge in [0.2, 0.25) is 10.6 Å². The molecular weight excluding hydrogens is 568 g/mol. The molecule has 0 spiro atoms. The molecule has 2 aliphatic rings. The highest BCUT2D eigenvalue weighted by atomic mass is 32.2. The van der Waals surface area contributed by atoms with E-state index in [2.05, 4.69) is 15.5 Å². The van der Waals surface area contributed by atoms with Crippen LogP contribution in [0.2, 0.25) is 0 Å². The molecule has 4 heterocycles. The van der Waals surface area contributed by atoms with Gasteiger partial charge in [-0.2, -0.15) is 4.57 Å². The first-order chi connectivity index (χ1) is 18.4. The fraction of sp³-hybridized carbons (Fsp3) is 0.348. The molecule has 0 aromatic carbocycles. The summed E-state index contributed by atoms with van der Waals surface area (Å²) in [6.07, 6.45) is 1.89. The minimum Gasteiger partial charge on any atom is -0.478 e. The number of thioether (sulfide) groups is 2. The molecule has 0 radical (unpaired) electrons. The first-order valence-corrected chi connectivity index (χ1v) is 14.3. The van der Waals surface area contributed by atoms with E-state index < -0.39 is 40.8 Å². The van der Waals surface area contributed by atoms with Crippen molar-refractivity contribution in [3.63, 3.8) is 0 Å². The highest BCUT2D eigenvalue weighted by molar-refractivity contribution is 8.01. The zero-order chi connectivity index (χ0) is 28.5. The second kappa shape index (κ2) is 11.2. The lowest BCUT2D eigenvalue weighted by atomic mass is 10.0. The number of nitrogens with zero attached hydrogens (tertiary/aromatic N) is 4. The van der Waals surface area contributed by atoms with Crippen LogP contribution in [-0.4, -0.2) is 78.1 Å². The molecule has 16 heteroatoms. The highest BCUT2D eigenvalue weighted by Crippen LogP contribution is 2.41. The lowest BCUT2D eigenvalue weighted by Gasteiger charge is -2.49. The van der Waals surface area contributed by atoms with E-state index in [1.54, 1.807) is 0 Å². The van der Waals surface area contributed by atoms with E-state index in [1.165, 1.54) is 47.7 Å². The summed E-state index contributed by atoms with van der Waals surface area (Å²) >= 11 is 3.83. The summed E-state index contributed by atoms with van der Waals surface area (Å²) in [6, 6.07) is 4.66. The van der Waals surface area contributed by atoms with Crippen LogP contribution in [0.5, 0.6) is 0 Å². The quantitative estimate of drug-likeness (QED) is 0.0996. The van der Waals surface area contributed by atoms with Crippen LogP contribution in [-0.2, 0) is 31.1 Å². The third-order valence-electron chi connectivity index (χ3n) is 5.80. The fourth-order valence-electron chi connectivity index (χ4n) is 3.62. The molecule has 13 nitrogen and oxygen atoms in total. The predicted octanol–water partition coefficient (Wildman–Crippen LogP) is 0.665. The SMILES string of the molecule is C[n+]1ccccc1SCC1=C(C(=O)O)N2C(=O)[C@@H](NC(=O)/C(=N\OC(C)(C)C(=O)O)c3csc(N)n3)[C@H]2SC1. The van der Waals surface area contributed by atoms with Gasteiger partial charge in [-0.15, -0.1) is 23.1 Å². The van der Waals surface area contributed by atoms with Gasteiger partial charge >= 0.3 is 11.9 Å². The van der Waals surface area contributed by atoms with E-state index in [9.17, 15) is 29.4 Å². The van der Waals surface area contributed by atoms with E-state index in [0.29, 0.717) is 17.1 Å². The van der Waals surface area contributed by atoms with Gasteiger partial charge < -0.3 is 26.1 Å². The first-order valence-electron chi connectivity index (χ1n) is 11.4. The third-order valence-corrected chi connectivity index (χ3v) is 9.02. The third kappa shape index (κ3) is 5.86. The molecule has 2 aliphatic heterocycles. The lowest BCUT2D eigenvalue weighted by Crippen LogP contribution is -2.71. The number of carbonyl (C=O) groups is 4. The van der Waals surface area contributed by atoms with Crippen LogP contribution in [0, 0.1) is 0 Å². The van der Waals surface area contributed by atoms with Gasteiger partial charge in [0.05, 0.1) is 0 Å². The number of hydrogen-bond acceptors (Lipinski definition) is 11. The summed E-state index contributed by atoms with van der Waals surface area (Å²) in [7, 11) is 1.89. The summed E-state index contributed by atoms with van der Waals surface area (Å²) in [5, 5.41) is 27.4.